The first-order chi connectivity index (χ1) is 9.27. The van der Waals surface area contributed by atoms with E-state index in [9.17, 15) is 4.21 Å². The molecule has 2 aromatic carbocycles. The van der Waals surface area contributed by atoms with Gasteiger partial charge in [0.05, 0.1) is 15.7 Å². The van der Waals surface area contributed by atoms with Crippen molar-refractivity contribution in [3.8, 4) is 0 Å². The molecule has 2 aromatic rings. The van der Waals surface area contributed by atoms with E-state index in [1.54, 1.807) is 0 Å². The second-order valence-corrected chi connectivity index (χ2v) is 8.89. The average molecular weight is 354 g/mol. The molecule has 0 unspecified atom stereocenters. The fraction of sp³-hybridized carbons (Fsp3) is 0.375. The summed E-state index contributed by atoms with van der Waals surface area (Å²) >= 11 is 3.50. The predicted molar refractivity (Wildman–Crippen MR) is 91.1 cm³/mol. The van der Waals surface area contributed by atoms with Gasteiger partial charge in [0.25, 0.3) is 0 Å². The Bertz CT molecular complexity index is 648. The fourth-order valence-corrected chi connectivity index (χ4v) is 3.10. The topological polar surface area (TPSA) is 29.1 Å². The molecular formula is C16H20BrNOS. The second-order valence-electron chi connectivity index (χ2n) is 5.97. The monoisotopic (exact) mass is 353 g/mol. The lowest BCUT2D eigenvalue weighted by Crippen LogP contribution is -2.34. The molecule has 0 aliphatic heterocycles. The minimum absolute atomic E-state index is 0.0541. The maximum absolute atomic E-state index is 12.2. The number of hydrogen-bond donors (Lipinski definition) is 1. The van der Waals surface area contributed by atoms with Crippen molar-refractivity contribution >= 4 is 37.7 Å². The molecule has 0 radical (unpaired) electrons. The molecule has 0 bridgehead atoms. The lowest BCUT2D eigenvalue weighted by atomic mass is 10.0. The van der Waals surface area contributed by atoms with Crippen LogP contribution >= 0.6 is 15.9 Å². The predicted octanol–water partition coefficient (Wildman–Crippen LogP) is 4.72. The highest BCUT2D eigenvalue weighted by Gasteiger charge is 2.21. The summed E-state index contributed by atoms with van der Waals surface area (Å²) in [5.41, 5.74) is 1.15. The molecule has 1 N–H and O–H groups in total. The van der Waals surface area contributed by atoms with Crippen molar-refractivity contribution in [2.45, 2.75) is 38.5 Å². The Balaban J connectivity index is 2.26. The molecule has 0 amide bonds. The number of halogens is 1. The number of nitrogens with one attached hydrogen (secondary N) is 1. The molecule has 4 heteroatoms. The third-order valence-corrected chi connectivity index (χ3v) is 5.34. The molecule has 2 nitrogen and oxygen atoms in total. The quantitative estimate of drug-likeness (QED) is 0.849. The van der Waals surface area contributed by atoms with E-state index in [1.165, 1.54) is 10.8 Å². The minimum atomic E-state index is -1.07. The highest BCUT2D eigenvalue weighted by molar-refractivity contribution is 9.10. The third-order valence-electron chi connectivity index (χ3n) is 3.17. The van der Waals surface area contributed by atoms with Crippen molar-refractivity contribution < 1.29 is 4.21 Å². The molecule has 20 heavy (non-hydrogen) atoms. The standard InChI is InChI=1S/C16H20BrNOS/c1-11(18-20(19)16(2,3)4)13-6-5-12-7-8-15(17)10-14(12)9-13/h5-11,18H,1-4H3/t11-,20+/m1/s1. The Kier molecular flexibility index (Phi) is 4.67. The summed E-state index contributed by atoms with van der Waals surface area (Å²) in [5, 5.41) is 2.40. The van der Waals surface area contributed by atoms with E-state index in [0.717, 1.165) is 10.0 Å². The maximum Gasteiger partial charge on any atom is 0.0975 e. The van der Waals surface area contributed by atoms with Gasteiger partial charge >= 0.3 is 0 Å². The summed E-state index contributed by atoms with van der Waals surface area (Å²) in [7, 11) is -1.07. The van der Waals surface area contributed by atoms with E-state index in [0.29, 0.717) is 0 Å². The molecule has 2 atom stereocenters. The van der Waals surface area contributed by atoms with Crippen molar-refractivity contribution in [1.82, 2.24) is 4.72 Å². The lowest BCUT2D eigenvalue weighted by Gasteiger charge is -2.22. The molecule has 0 fully saturated rings. The van der Waals surface area contributed by atoms with Gasteiger partial charge in [-0.15, -0.1) is 0 Å². The van der Waals surface area contributed by atoms with Crippen molar-refractivity contribution in [2.24, 2.45) is 0 Å². The van der Waals surface area contributed by atoms with E-state index in [1.807, 2.05) is 33.8 Å². The zero-order valence-corrected chi connectivity index (χ0v) is 14.6. The van der Waals surface area contributed by atoms with Crippen LogP contribution in [0.5, 0.6) is 0 Å². The molecule has 0 saturated carbocycles. The molecular weight excluding hydrogens is 334 g/mol. The summed E-state index contributed by atoms with van der Waals surface area (Å²) in [4.78, 5) is 0. The van der Waals surface area contributed by atoms with Gasteiger partial charge in [-0.3, -0.25) is 0 Å². The third kappa shape index (κ3) is 3.68. The average Bonchev–Trinajstić information content (AvgIpc) is 2.36. The SMILES string of the molecule is C[C@@H](N[S@@](=O)C(C)(C)C)c1ccc2ccc(Br)cc2c1. The lowest BCUT2D eigenvalue weighted by molar-refractivity contribution is 0.616. The highest BCUT2D eigenvalue weighted by atomic mass is 79.9. The van der Waals surface area contributed by atoms with Crippen LogP contribution in [0.2, 0.25) is 0 Å². The highest BCUT2D eigenvalue weighted by Crippen LogP contribution is 2.24. The molecule has 108 valence electrons. The first-order valence-corrected chi connectivity index (χ1v) is 8.59. The first-order valence-electron chi connectivity index (χ1n) is 6.64. The summed E-state index contributed by atoms with van der Waals surface area (Å²) in [6.07, 6.45) is 0. The Morgan fingerprint density at radius 1 is 1.10 bits per heavy atom. The second kappa shape index (κ2) is 5.96. The van der Waals surface area contributed by atoms with Crippen LogP contribution in [0.1, 0.15) is 39.3 Å². The summed E-state index contributed by atoms with van der Waals surface area (Å²) in [5.74, 6) is 0. The molecule has 0 spiro atoms. The van der Waals surface area contributed by atoms with Crippen molar-refractivity contribution in [3.63, 3.8) is 0 Å². The van der Waals surface area contributed by atoms with Crippen LogP contribution in [-0.4, -0.2) is 8.96 Å². The van der Waals surface area contributed by atoms with Crippen molar-refractivity contribution in [1.29, 1.82) is 0 Å². The van der Waals surface area contributed by atoms with Gasteiger partial charge in [0, 0.05) is 10.5 Å². The molecule has 0 aromatic heterocycles. The van der Waals surface area contributed by atoms with Gasteiger partial charge in [-0.2, -0.15) is 0 Å². The van der Waals surface area contributed by atoms with E-state index in [4.69, 9.17) is 0 Å². The Morgan fingerprint density at radius 2 is 1.75 bits per heavy atom. The fourth-order valence-electron chi connectivity index (χ4n) is 1.91. The van der Waals surface area contributed by atoms with Crippen LogP contribution in [-0.2, 0) is 11.0 Å². The summed E-state index contributed by atoms with van der Waals surface area (Å²) < 4.78 is 16.1. The maximum atomic E-state index is 12.2. The van der Waals surface area contributed by atoms with Gasteiger partial charge in [0.2, 0.25) is 0 Å². The zero-order valence-electron chi connectivity index (χ0n) is 12.2. The van der Waals surface area contributed by atoms with Crippen molar-refractivity contribution in [3.05, 3.63) is 46.4 Å². The van der Waals surface area contributed by atoms with Crippen LogP contribution in [0.15, 0.2) is 40.9 Å². The largest absolute Gasteiger partial charge is 0.242 e. The molecule has 0 aliphatic carbocycles. The van der Waals surface area contributed by atoms with E-state index in [-0.39, 0.29) is 10.8 Å². The Morgan fingerprint density at radius 3 is 2.40 bits per heavy atom. The van der Waals surface area contributed by atoms with Gasteiger partial charge in [-0.25, -0.2) is 8.93 Å². The van der Waals surface area contributed by atoms with Crippen LogP contribution in [0.3, 0.4) is 0 Å². The van der Waals surface area contributed by atoms with Gasteiger partial charge in [0.15, 0.2) is 0 Å². The minimum Gasteiger partial charge on any atom is -0.242 e. The van der Waals surface area contributed by atoms with Crippen LogP contribution < -0.4 is 4.72 Å². The van der Waals surface area contributed by atoms with Crippen LogP contribution in [0.4, 0.5) is 0 Å². The molecule has 2 rings (SSSR count). The zero-order chi connectivity index (χ0) is 14.9. The van der Waals surface area contributed by atoms with Crippen molar-refractivity contribution in [2.75, 3.05) is 0 Å². The van der Waals surface area contributed by atoms with Gasteiger partial charge < -0.3 is 0 Å². The number of benzene rings is 2. The van der Waals surface area contributed by atoms with Gasteiger partial charge in [-0.05, 0) is 62.2 Å². The number of rotatable bonds is 3. The smallest absolute Gasteiger partial charge is 0.0975 e. The van der Waals surface area contributed by atoms with E-state index < -0.39 is 11.0 Å². The molecule has 0 heterocycles. The summed E-state index contributed by atoms with van der Waals surface area (Å²) in [6.45, 7) is 7.96. The molecule has 0 aliphatic rings. The normalized spacial score (nSPS) is 15.2. The first kappa shape index (κ1) is 15.7. The van der Waals surface area contributed by atoms with E-state index in [2.05, 4.69) is 51.0 Å². The summed E-state index contributed by atoms with van der Waals surface area (Å²) in [6, 6.07) is 12.6. The number of fused-ring (bicyclic) bond motifs is 1. The number of hydrogen-bond acceptors (Lipinski definition) is 1. The Labute approximate surface area is 131 Å². The van der Waals surface area contributed by atoms with Gasteiger partial charge in [-0.1, -0.05) is 34.1 Å². The Hall–Kier alpha value is -0.710. The van der Waals surface area contributed by atoms with Crippen LogP contribution in [0.25, 0.3) is 10.8 Å². The van der Waals surface area contributed by atoms with E-state index >= 15 is 0 Å². The van der Waals surface area contributed by atoms with Gasteiger partial charge in [0.1, 0.15) is 0 Å². The van der Waals surface area contributed by atoms with Crippen LogP contribution in [0, 0.1) is 0 Å². The molecule has 0 saturated heterocycles.